The lowest BCUT2D eigenvalue weighted by atomic mass is 9.66. The van der Waals surface area contributed by atoms with Crippen molar-refractivity contribution >= 4 is 16.6 Å². The molecule has 26 heavy (non-hydrogen) atoms. The third-order valence-corrected chi connectivity index (χ3v) is 5.75. The molecule has 3 aromatic rings. The molecule has 4 rings (SSSR count). The van der Waals surface area contributed by atoms with Gasteiger partial charge in [-0.3, -0.25) is 4.99 Å². The second-order valence-electron chi connectivity index (χ2n) is 7.76. The van der Waals surface area contributed by atoms with Gasteiger partial charge in [-0.15, -0.1) is 0 Å². The van der Waals surface area contributed by atoms with Crippen molar-refractivity contribution in [1.82, 2.24) is 9.97 Å². The molecule has 0 saturated heterocycles. The third-order valence-electron chi connectivity index (χ3n) is 5.75. The zero-order chi connectivity index (χ0) is 18.5. The molecule has 1 aliphatic rings. The number of aromatic nitrogens is 2. The van der Waals surface area contributed by atoms with Crippen LogP contribution in [0.1, 0.15) is 44.6 Å². The number of methoxy groups -OCH3 is 1. The van der Waals surface area contributed by atoms with E-state index in [0.29, 0.717) is 11.7 Å². The van der Waals surface area contributed by atoms with Crippen molar-refractivity contribution in [2.24, 2.45) is 4.99 Å². The van der Waals surface area contributed by atoms with Crippen LogP contribution in [-0.2, 0) is 5.41 Å². The number of para-hydroxylation sites is 1. The predicted octanol–water partition coefficient (Wildman–Crippen LogP) is 4.55. The fraction of sp³-hybridized carbons (Fsp3) is 0.318. The average Bonchev–Trinajstić information content (AvgIpc) is 2.64. The molecule has 132 valence electrons. The van der Waals surface area contributed by atoms with Gasteiger partial charge in [-0.25, -0.2) is 4.98 Å². The van der Waals surface area contributed by atoms with E-state index < -0.39 is 0 Å². The molecule has 0 atom stereocenters. The quantitative estimate of drug-likeness (QED) is 0.685. The van der Waals surface area contributed by atoms with Crippen molar-refractivity contribution in [3.63, 3.8) is 0 Å². The van der Waals surface area contributed by atoms with Gasteiger partial charge in [0.15, 0.2) is 5.82 Å². The molecule has 0 radical (unpaired) electrons. The van der Waals surface area contributed by atoms with E-state index in [1.54, 1.807) is 7.11 Å². The number of hydrogen-bond acceptors (Lipinski definition) is 4. The fourth-order valence-electron chi connectivity index (χ4n) is 3.52. The van der Waals surface area contributed by atoms with Crippen LogP contribution in [0.25, 0.3) is 10.9 Å². The number of hydrogen-bond donors (Lipinski definition) is 0. The number of rotatable bonds is 2. The van der Waals surface area contributed by atoms with Crippen molar-refractivity contribution in [3.05, 3.63) is 65.5 Å². The van der Waals surface area contributed by atoms with Crippen LogP contribution in [0.3, 0.4) is 0 Å². The molecule has 0 saturated carbocycles. The summed E-state index contributed by atoms with van der Waals surface area (Å²) in [6.45, 7) is 8.82. The van der Waals surface area contributed by atoms with Crippen molar-refractivity contribution in [1.29, 1.82) is 0 Å². The van der Waals surface area contributed by atoms with Crippen LogP contribution in [0.15, 0.2) is 53.5 Å². The SMILES string of the molecule is COc1nc(C2=NC(C)(C)C(C)(C)c3ccccc32)nc2ccccc12. The number of ether oxygens (including phenoxy) is 1. The van der Waals surface area contributed by atoms with E-state index in [-0.39, 0.29) is 11.0 Å². The second-order valence-corrected chi connectivity index (χ2v) is 7.76. The Bertz CT molecular complexity index is 1030. The van der Waals surface area contributed by atoms with E-state index in [0.717, 1.165) is 22.2 Å². The van der Waals surface area contributed by atoms with Gasteiger partial charge in [0.05, 0.1) is 23.6 Å². The molecular formula is C22H23N3O. The van der Waals surface area contributed by atoms with E-state index in [4.69, 9.17) is 19.7 Å². The van der Waals surface area contributed by atoms with Gasteiger partial charge in [-0.2, -0.15) is 4.98 Å². The van der Waals surface area contributed by atoms with Crippen LogP contribution in [0.4, 0.5) is 0 Å². The Morgan fingerprint density at radius 1 is 0.846 bits per heavy atom. The molecule has 0 fully saturated rings. The Morgan fingerprint density at radius 3 is 2.31 bits per heavy atom. The van der Waals surface area contributed by atoms with Gasteiger partial charge >= 0.3 is 0 Å². The van der Waals surface area contributed by atoms with Gasteiger partial charge in [-0.1, -0.05) is 50.2 Å². The summed E-state index contributed by atoms with van der Waals surface area (Å²) in [5, 5.41) is 0.906. The zero-order valence-electron chi connectivity index (χ0n) is 15.9. The third kappa shape index (κ3) is 2.32. The lowest BCUT2D eigenvalue weighted by molar-refractivity contribution is 0.303. The Labute approximate surface area is 154 Å². The summed E-state index contributed by atoms with van der Waals surface area (Å²) in [6, 6.07) is 16.3. The first-order valence-corrected chi connectivity index (χ1v) is 8.86. The van der Waals surface area contributed by atoms with Gasteiger partial charge in [0.25, 0.3) is 0 Å². The maximum absolute atomic E-state index is 5.53. The van der Waals surface area contributed by atoms with E-state index in [9.17, 15) is 0 Å². The first kappa shape index (κ1) is 16.7. The molecule has 0 aliphatic carbocycles. The molecule has 2 aromatic carbocycles. The first-order chi connectivity index (χ1) is 12.3. The van der Waals surface area contributed by atoms with E-state index in [2.05, 4.69) is 45.9 Å². The molecule has 0 spiro atoms. The van der Waals surface area contributed by atoms with Crippen molar-refractivity contribution in [2.45, 2.75) is 38.6 Å². The number of nitrogens with zero attached hydrogens (tertiary/aromatic N) is 3. The lowest BCUT2D eigenvalue weighted by Crippen LogP contribution is -2.46. The minimum absolute atomic E-state index is 0.0893. The Balaban J connectivity index is 2.01. The summed E-state index contributed by atoms with van der Waals surface area (Å²) in [4.78, 5) is 14.6. The normalized spacial score (nSPS) is 17.5. The summed E-state index contributed by atoms with van der Waals surface area (Å²) in [7, 11) is 1.64. The topological polar surface area (TPSA) is 47.4 Å². The van der Waals surface area contributed by atoms with Crippen LogP contribution in [-0.4, -0.2) is 28.3 Å². The van der Waals surface area contributed by atoms with Gasteiger partial charge in [0.2, 0.25) is 5.88 Å². The molecule has 0 N–H and O–H groups in total. The molecule has 0 bridgehead atoms. The van der Waals surface area contributed by atoms with Crippen LogP contribution >= 0.6 is 0 Å². The number of fused-ring (bicyclic) bond motifs is 2. The van der Waals surface area contributed by atoms with E-state index in [1.807, 2.05) is 30.3 Å². The second kappa shape index (κ2) is 5.63. The molecule has 1 aromatic heterocycles. The zero-order valence-corrected chi connectivity index (χ0v) is 15.9. The first-order valence-electron chi connectivity index (χ1n) is 8.86. The van der Waals surface area contributed by atoms with Gasteiger partial charge < -0.3 is 4.74 Å². The molecule has 0 amide bonds. The number of benzene rings is 2. The number of aliphatic imine (C=N–C) groups is 1. The van der Waals surface area contributed by atoms with Crippen LogP contribution < -0.4 is 4.74 Å². The molecule has 0 unspecified atom stereocenters. The molecule has 4 nitrogen and oxygen atoms in total. The predicted molar refractivity (Wildman–Crippen MR) is 105 cm³/mol. The largest absolute Gasteiger partial charge is 0.480 e. The highest BCUT2D eigenvalue weighted by atomic mass is 16.5. The maximum Gasteiger partial charge on any atom is 0.224 e. The molecule has 1 aliphatic heterocycles. The molecule has 4 heteroatoms. The Kier molecular flexibility index (Phi) is 3.62. The Hall–Kier alpha value is -2.75. The summed E-state index contributed by atoms with van der Waals surface area (Å²) in [6.07, 6.45) is 0. The highest BCUT2D eigenvalue weighted by Crippen LogP contribution is 2.43. The smallest absolute Gasteiger partial charge is 0.224 e. The summed E-state index contributed by atoms with van der Waals surface area (Å²) in [5.74, 6) is 1.19. The highest BCUT2D eigenvalue weighted by molar-refractivity contribution is 6.13. The lowest BCUT2D eigenvalue weighted by Gasteiger charge is -2.44. The minimum atomic E-state index is -0.279. The standard InChI is InChI=1S/C22H23N3O/c1-21(2)16-12-8-6-10-14(16)18(25-22(21,3)4)19-23-17-13-9-7-11-15(17)20(24-19)26-5/h6-13H,1-5H3. The highest BCUT2D eigenvalue weighted by Gasteiger charge is 2.44. The summed E-state index contributed by atoms with van der Waals surface area (Å²) in [5.41, 5.74) is 3.68. The van der Waals surface area contributed by atoms with Crippen LogP contribution in [0, 0.1) is 0 Å². The van der Waals surface area contributed by atoms with Gasteiger partial charge in [0.1, 0.15) is 5.71 Å². The van der Waals surface area contributed by atoms with Gasteiger partial charge in [-0.05, 0) is 31.5 Å². The van der Waals surface area contributed by atoms with E-state index >= 15 is 0 Å². The van der Waals surface area contributed by atoms with Crippen LogP contribution in [0.5, 0.6) is 5.88 Å². The molecule has 2 heterocycles. The van der Waals surface area contributed by atoms with Crippen molar-refractivity contribution in [3.8, 4) is 5.88 Å². The van der Waals surface area contributed by atoms with Crippen molar-refractivity contribution < 1.29 is 4.74 Å². The summed E-state index contributed by atoms with van der Waals surface area (Å²) >= 11 is 0. The average molecular weight is 345 g/mol. The maximum atomic E-state index is 5.53. The fourth-order valence-corrected chi connectivity index (χ4v) is 3.52. The van der Waals surface area contributed by atoms with Gasteiger partial charge in [0, 0.05) is 11.0 Å². The molecular weight excluding hydrogens is 322 g/mol. The van der Waals surface area contributed by atoms with Crippen molar-refractivity contribution in [2.75, 3.05) is 7.11 Å². The monoisotopic (exact) mass is 345 g/mol. The summed E-state index contributed by atoms with van der Waals surface area (Å²) < 4.78 is 5.53. The van der Waals surface area contributed by atoms with E-state index in [1.165, 1.54) is 5.56 Å². The van der Waals surface area contributed by atoms with Crippen LogP contribution in [0.2, 0.25) is 0 Å². The Morgan fingerprint density at radius 2 is 1.54 bits per heavy atom. The minimum Gasteiger partial charge on any atom is -0.480 e.